The molecule has 0 amide bonds. The molecule has 1 aromatic heterocycles. The van der Waals surface area contributed by atoms with E-state index in [4.69, 9.17) is 11.5 Å². The predicted molar refractivity (Wildman–Crippen MR) is 41.6 cm³/mol. The highest BCUT2D eigenvalue weighted by atomic mass is 19.1. The van der Waals surface area contributed by atoms with Gasteiger partial charge in [0, 0.05) is 11.8 Å². The highest BCUT2D eigenvalue weighted by Gasteiger charge is 2.08. The predicted octanol–water partition coefficient (Wildman–Crippen LogP) is 0.633. The van der Waals surface area contributed by atoms with Gasteiger partial charge in [-0.1, -0.05) is 6.07 Å². The van der Waals surface area contributed by atoms with Gasteiger partial charge in [-0.3, -0.25) is 0 Å². The first kappa shape index (κ1) is 7.94. The van der Waals surface area contributed by atoms with E-state index < -0.39 is 12.7 Å². The van der Waals surface area contributed by atoms with E-state index in [0.717, 1.165) is 0 Å². The number of nitrogens with zero attached hydrogens (tertiary/aromatic N) is 1. The molecule has 1 rings (SSSR count). The Kier molecular flexibility index (Phi) is 2.38. The topological polar surface area (TPSA) is 64.9 Å². The van der Waals surface area contributed by atoms with Crippen LogP contribution in [-0.2, 0) is 0 Å². The molecule has 0 aliphatic carbocycles. The molecule has 0 aromatic carbocycles. The lowest BCUT2D eigenvalue weighted by molar-refractivity contribution is 0.437. The minimum Gasteiger partial charge on any atom is -0.383 e. The third-order valence-corrected chi connectivity index (χ3v) is 1.44. The third-order valence-electron chi connectivity index (χ3n) is 1.44. The van der Waals surface area contributed by atoms with Crippen molar-refractivity contribution in [3.05, 3.63) is 23.9 Å². The van der Waals surface area contributed by atoms with Crippen LogP contribution >= 0.6 is 0 Å². The van der Waals surface area contributed by atoms with Gasteiger partial charge in [0.05, 0.1) is 6.04 Å². The molecule has 0 aliphatic heterocycles. The van der Waals surface area contributed by atoms with Crippen LogP contribution in [0.15, 0.2) is 18.3 Å². The Labute approximate surface area is 64.2 Å². The highest BCUT2D eigenvalue weighted by molar-refractivity contribution is 5.40. The van der Waals surface area contributed by atoms with Crippen LogP contribution in [-0.4, -0.2) is 11.7 Å². The summed E-state index contributed by atoms with van der Waals surface area (Å²) in [5.74, 6) is 0.303. The van der Waals surface area contributed by atoms with Gasteiger partial charge in [0.2, 0.25) is 0 Å². The molecule has 0 radical (unpaired) electrons. The lowest BCUT2D eigenvalue weighted by Crippen LogP contribution is -2.14. The van der Waals surface area contributed by atoms with Crippen molar-refractivity contribution in [2.75, 3.05) is 12.4 Å². The van der Waals surface area contributed by atoms with Gasteiger partial charge in [-0.2, -0.15) is 0 Å². The minimum atomic E-state index is -0.649. The van der Waals surface area contributed by atoms with E-state index >= 15 is 0 Å². The van der Waals surface area contributed by atoms with Crippen LogP contribution in [0.1, 0.15) is 11.6 Å². The van der Waals surface area contributed by atoms with Crippen molar-refractivity contribution in [1.29, 1.82) is 0 Å². The minimum absolute atomic E-state index is 0.303. The molecule has 1 heterocycles. The maximum atomic E-state index is 12.0. The molecule has 0 unspecified atom stereocenters. The fraction of sp³-hybridized carbons (Fsp3) is 0.286. The third kappa shape index (κ3) is 1.65. The Hall–Kier alpha value is -1.16. The molecule has 3 nitrogen and oxygen atoms in total. The van der Waals surface area contributed by atoms with Crippen molar-refractivity contribution in [3.8, 4) is 0 Å². The van der Waals surface area contributed by atoms with Gasteiger partial charge >= 0.3 is 0 Å². The van der Waals surface area contributed by atoms with Crippen molar-refractivity contribution >= 4 is 5.82 Å². The molecule has 0 aliphatic rings. The summed E-state index contributed by atoms with van der Waals surface area (Å²) in [5, 5.41) is 0. The lowest BCUT2D eigenvalue weighted by Gasteiger charge is -2.08. The Balaban J connectivity index is 2.93. The number of nitrogen functional groups attached to an aromatic ring is 1. The number of hydrogen-bond donors (Lipinski definition) is 2. The zero-order chi connectivity index (χ0) is 8.27. The average molecular weight is 155 g/mol. The molecule has 4 N–H and O–H groups in total. The van der Waals surface area contributed by atoms with Crippen LogP contribution < -0.4 is 11.5 Å². The average Bonchev–Trinajstić information content (AvgIpc) is 2.04. The van der Waals surface area contributed by atoms with Gasteiger partial charge in [-0.25, -0.2) is 9.37 Å². The van der Waals surface area contributed by atoms with Gasteiger partial charge in [-0.15, -0.1) is 0 Å². The maximum absolute atomic E-state index is 12.0. The maximum Gasteiger partial charge on any atom is 0.128 e. The zero-order valence-electron chi connectivity index (χ0n) is 6.00. The van der Waals surface area contributed by atoms with Gasteiger partial charge < -0.3 is 11.5 Å². The number of pyridine rings is 1. The molecule has 11 heavy (non-hydrogen) atoms. The van der Waals surface area contributed by atoms with Crippen LogP contribution in [0.2, 0.25) is 0 Å². The first-order chi connectivity index (χ1) is 5.25. The molecule has 0 saturated carbocycles. The van der Waals surface area contributed by atoms with Crippen LogP contribution in [0.5, 0.6) is 0 Å². The number of aromatic nitrogens is 1. The molecular weight excluding hydrogens is 145 g/mol. The Morgan fingerprint density at radius 3 is 2.91 bits per heavy atom. The van der Waals surface area contributed by atoms with Crippen molar-refractivity contribution < 1.29 is 4.39 Å². The number of alkyl halides is 1. The molecule has 0 fully saturated rings. The summed E-state index contributed by atoms with van der Waals surface area (Å²) in [5.41, 5.74) is 11.4. The van der Waals surface area contributed by atoms with Crippen LogP contribution in [0, 0.1) is 0 Å². The van der Waals surface area contributed by atoms with E-state index in [1.807, 2.05) is 0 Å². The second-order valence-corrected chi connectivity index (χ2v) is 2.24. The number of anilines is 1. The molecule has 1 atom stereocenters. The molecule has 0 spiro atoms. The van der Waals surface area contributed by atoms with Gasteiger partial charge in [0.25, 0.3) is 0 Å². The summed E-state index contributed by atoms with van der Waals surface area (Å²) in [6, 6.07) is 2.71. The standard InChI is InChI=1S/C7H10FN3/c8-4-6(9)5-2-1-3-11-7(5)10/h1-3,6H,4,9H2,(H2,10,11)/t6-/m1/s1. The quantitative estimate of drug-likeness (QED) is 0.658. The zero-order valence-corrected chi connectivity index (χ0v) is 6.00. The van der Waals surface area contributed by atoms with Crippen molar-refractivity contribution in [2.45, 2.75) is 6.04 Å². The Morgan fingerprint density at radius 2 is 2.36 bits per heavy atom. The summed E-state index contributed by atoms with van der Waals surface area (Å²) >= 11 is 0. The van der Waals surface area contributed by atoms with Gasteiger partial charge in [0.1, 0.15) is 12.5 Å². The normalized spacial score (nSPS) is 12.9. The number of hydrogen-bond acceptors (Lipinski definition) is 3. The van der Waals surface area contributed by atoms with E-state index in [-0.39, 0.29) is 0 Å². The highest BCUT2D eigenvalue weighted by Crippen LogP contribution is 2.15. The molecule has 0 saturated heterocycles. The summed E-state index contributed by atoms with van der Waals surface area (Å²) in [6.45, 7) is -0.615. The molecule has 1 aromatic rings. The first-order valence-corrected chi connectivity index (χ1v) is 3.27. The second kappa shape index (κ2) is 3.30. The summed E-state index contributed by atoms with van der Waals surface area (Å²) < 4.78 is 12.0. The largest absolute Gasteiger partial charge is 0.383 e. The molecule has 0 bridgehead atoms. The smallest absolute Gasteiger partial charge is 0.128 e. The first-order valence-electron chi connectivity index (χ1n) is 3.27. The molecule has 4 heteroatoms. The summed E-state index contributed by atoms with van der Waals surface area (Å²) in [6.07, 6.45) is 1.55. The molecular formula is C7H10FN3. The number of halogens is 1. The molecule has 60 valence electrons. The lowest BCUT2D eigenvalue weighted by atomic mass is 10.1. The monoisotopic (exact) mass is 155 g/mol. The fourth-order valence-corrected chi connectivity index (χ4v) is 0.827. The van der Waals surface area contributed by atoms with Crippen LogP contribution in [0.25, 0.3) is 0 Å². The number of rotatable bonds is 2. The summed E-state index contributed by atoms with van der Waals surface area (Å²) in [4.78, 5) is 3.78. The van der Waals surface area contributed by atoms with Crippen molar-refractivity contribution in [2.24, 2.45) is 5.73 Å². The summed E-state index contributed by atoms with van der Waals surface area (Å²) in [7, 11) is 0. The van der Waals surface area contributed by atoms with E-state index in [1.54, 1.807) is 18.3 Å². The number of nitrogens with two attached hydrogens (primary N) is 2. The van der Waals surface area contributed by atoms with E-state index in [0.29, 0.717) is 11.4 Å². The van der Waals surface area contributed by atoms with Crippen LogP contribution in [0.3, 0.4) is 0 Å². The van der Waals surface area contributed by atoms with Gasteiger partial charge in [0.15, 0.2) is 0 Å². The van der Waals surface area contributed by atoms with Crippen molar-refractivity contribution in [3.63, 3.8) is 0 Å². The fourth-order valence-electron chi connectivity index (χ4n) is 0.827. The van der Waals surface area contributed by atoms with E-state index in [9.17, 15) is 4.39 Å². The van der Waals surface area contributed by atoms with Crippen molar-refractivity contribution in [1.82, 2.24) is 4.98 Å². The Morgan fingerprint density at radius 1 is 1.64 bits per heavy atom. The van der Waals surface area contributed by atoms with Crippen LogP contribution in [0.4, 0.5) is 10.2 Å². The van der Waals surface area contributed by atoms with E-state index in [2.05, 4.69) is 4.98 Å². The SMILES string of the molecule is Nc1ncccc1[C@H](N)CF. The second-order valence-electron chi connectivity index (χ2n) is 2.24. The van der Waals surface area contributed by atoms with Gasteiger partial charge in [-0.05, 0) is 6.07 Å². The Bertz CT molecular complexity index is 239. The van der Waals surface area contributed by atoms with E-state index in [1.165, 1.54) is 0 Å².